The summed E-state index contributed by atoms with van der Waals surface area (Å²) in [5.74, 6) is 0.142. The van der Waals surface area contributed by atoms with Crippen molar-refractivity contribution in [3.8, 4) is 22.8 Å². The van der Waals surface area contributed by atoms with Crippen LogP contribution in [0, 0.1) is 20.8 Å². The molecule has 0 aliphatic carbocycles. The van der Waals surface area contributed by atoms with Crippen LogP contribution in [0.1, 0.15) is 16.7 Å². The molecule has 4 rings (SSSR count). The molecule has 152 valence electrons. The maximum Gasteiger partial charge on any atom is 0.340 e. The average Bonchev–Trinajstić information content (AvgIpc) is 3.14. The van der Waals surface area contributed by atoms with Gasteiger partial charge in [-0.25, -0.2) is 0 Å². The van der Waals surface area contributed by atoms with Crippen LogP contribution in [0.2, 0.25) is 0 Å². The minimum absolute atomic E-state index is 0.100. The topological polar surface area (TPSA) is 61.2 Å². The molecule has 5 nitrogen and oxygen atoms in total. The predicted octanol–water partition coefficient (Wildman–Crippen LogP) is 5.23. The van der Waals surface area contributed by atoms with E-state index in [1.807, 2.05) is 69.3 Å². The van der Waals surface area contributed by atoms with Crippen LogP contribution in [0.3, 0.4) is 0 Å². The summed E-state index contributed by atoms with van der Waals surface area (Å²) in [6.45, 7) is 5.88. The third-order valence-electron chi connectivity index (χ3n) is 5.06. The molecule has 0 radical (unpaired) electrons. The second-order valence-corrected chi connectivity index (χ2v) is 8.76. The summed E-state index contributed by atoms with van der Waals surface area (Å²) < 4.78 is 33.0. The van der Waals surface area contributed by atoms with Gasteiger partial charge in [0.2, 0.25) is 5.88 Å². The van der Waals surface area contributed by atoms with Crippen molar-refractivity contribution in [2.75, 3.05) is 0 Å². The van der Waals surface area contributed by atoms with Crippen molar-refractivity contribution in [2.45, 2.75) is 25.7 Å². The minimum Gasteiger partial charge on any atom is -0.358 e. The second kappa shape index (κ2) is 7.80. The highest BCUT2D eigenvalue weighted by Crippen LogP contribution is 2.30. The van der Waals surface area contributed by atoms with E-state index in [9.17, 15) is 8.42 Å². The normalized spacial score (nSPS) is 11.4. The first kappa shape index (κ1) is 19.9. The van der Waals surface area contributed by atoms with E-state index >= 15 is 0 Å². The number of aryl methyl sites for hydroxylation is 2. The first-order chi connectivity index (χ1) is 14.3. The summed E-state index contributed by atoms with van der Waals surface area (Å²) in [6.07, 6.45) is 0. The predicted molar refractivity (Wildman–Crippen MR) is 117 cm³/mol. The lowest BCUT2D eigenvalue weighted by molar-refractivity contribution is 0.465. The molecular formula is C24H22N2O3S. The molecule has 1 heterocycles. The zero-order valence-electron chi connectivity index (χ0n) is 17.0. The third-order valence-corrected chi connectivity index (χ3v) is 6.29. The summed E-state index contributed by atoms with van der Waals surface area (Å²) in [5, 5.41) is 4.67. The molecule has 0 fully saturated rings. The molecule has 0 saturated carbocycles. The smallest absolute Gasteiger partial charge is 0.340 e. The van der Waals surface area contributed by atoms with Crippen molar-refractivity contribution in [1.82, 2.24) is 9.78 Å². The fourth-order valence-electron chi connectivity index (χ4n) is 3.18. The fourth-order valence-corrected chi connectivity index (χ4v) is 4.09. The van der Waals surface area contributed by atoms with Crippen LogP contribution in [0.5, 0.6) is 5.88 Å². The SMILES string of the molecule is Cc1ccc(S(=O)(=O)Oc2cc(-c3ccccc3)nn2-c2cccc(C)c2C)cc1. The van der Waals surface area contributed by atoms with Gasteiger partial charge in [0.25, 0.3) is 0 Å². The summed E-state index contributed by atoms with van der Waals surface area (Å²) >= 11 is 0. The van der Waals surface area contributed by atoms with E-state index in [1.54, 1.807) is 35.0 Å². The Morgan fingerprint density at radius 1 is 0.833 bits per heavy atom. The van der Waals surface area contributed by atoms with E-state index in [4.69, 9.17) is 4.18 Å². The fraction of sp³-hybridized carbons (Fsp3) is 0.125. The first-order valence-corrected chi connectivity index (χ1v) is 11.0. The molecule has 0 N–H and O–H groups in total. The standard InChI is InChI=1S/C24H22N2O3S/c1-17-12-14-21(15-13-17)30(27,28)29-24-16-22(20-9-5-4-6-10-20)25-26(24)23-11-7-8-18(2)19(23)3/h4-16H,1-3H3. The summed E-state index contributed by atoms with van der Waals surface area (Å²) in [5.41, 5.74) is 5.33. The number of benzene rings is 3. The van der Waals surface area contributed by atoms with Crippen molar-refractivity contribution >= 4 is 10.1 Å². The van der Waals surface area contributed by atoms with Gasteiger partial charge in [0.05, 0.1) is 11.4 Å². The van der Waals surface area contributed by atoms with E-state index in [2.05, 4.69) is 5.10 Å². The molecule has 1 aromatic heterocycles. The van der Waals surface area contributed by atoms with E-state index in [0.29, 0.717) is 5.69 Å². The molecule has 0 saturated heterocycles. The quantitative estimate of drug-likeness (QED) is 0.416. The Balaban J connectivity index is 1.84. The van der Waals surface area contributed by atoms with E-state index < -0.39 is 10.1 Å². The van der Waals surface area contributed by atoms with Crippen molar-refractivity contribution in [3.05, 3.63) is 95.6 Å². The van der Waals surface area contributed by atoms with Gasteiger partial charge < -0.3 is 4.18 Å². The Bertz CT molecular complexity index is 1290. The van der Waals surface area contributed by atoms with Gasteiger partial charge in [-0.3, -0.25) is 0 Å². The number of rotatable bonds is 5. The molecule has 30 heavy (non-hydrogen) atoms. The van der Waals surface area contributed by atoms with Crippen LogP contribution in [-0.2, 0) is 10.1 Å². The van der Waals surface area contributed by atoms with Gasteiger partial charge in [0.15, 0.2) is 0 Å². The molecule has 0 unspecified atom stereocenters. The first-order valence-electron chi connectivity index (χ1n) is 9.58. The van der Waals surface area contributed by atoms with Gasteiger partial charge >= 0.3 is 10.1 Å². The minimum atomic E-state index is -4.01. The Hall–Kier alpha value is -3.38. The van der Waals surface area contributed by atoms with E-state index in [1.165, 1.54) is 0 Å². The van der Waals surface area contributed by atoms with Gasteiger partial charge in [-0.2, -0.15) is 18.2 Å². The number of hydrogen-bond acceptors (Lipinski definition) is 4. The van der Waals surface area contributed by atoms with Gasteiger partial charge in [-0.1, -0.05) is 60.2 Å². The highest BCUT2D eigenvalue weighted by molar-refractivity contribution is 7.87. The second-order valence-electron chi connectivity index (χ2n) is 7.22. The zero-order valence-corrected chi connectivity index (χ0v) is 17.8. The van der Waals surface area contributed by atoms with Crippen molar-refractivity contribution in [2.24, 2.45) is 0 Å². The molecular weight excluding hydrogens is 396 g/mol. The highest BCUT2D eigenvalue weighted by atomic mass is 32.2. The van der Waals surface area contributed by atoms with E-state index in [0.717, 1.165) is 27.9 Å². The molecule has 6 heteroatoms. The molecule has 0 amide bonds. The summed E-state index contributed by atoms with van der Waals surface area (Å²) in [7, 11) is -4.01. The maximum atomic E-state index is 12.9. The lowest BCUT2D eigenvalue weighted by Gasteiger charge is -2.12. The van der Waals surface area contributed by atoms with Gasteiger partial charge in [0.1, 0.15) is 4.90 Å². The molecule has 0 atom stereocenters. The monoisotopic (exact) mass is 418 g/mol. The summed E-state index contributed by atoms with van der Waals surface area (Å²) in [6, 6.07) is 23.6. The summed E-state index contributed by atoms with van der Waals surface area (Å²) in [4.78, 5) is 0.100. The third kappa shape index (κ3) is 3.86. The Kier molecular flexibility index (Phi) is 5.18. The van der Waals surface area contributed by atoms with Gasteiger partial charge in [0, 0.05) is 11.6 Å². The largest absolute Gasteiger partial charge is 0.358 e. The molecule has 3 aromatic carbocycles. The maximum absolute atomic E-state index is 12.9. The Morgan fingerprint density at radius 3 is 2.23 bits per heavy atom. The number of nitrogens with zero attached hydrogens (tertiary/aromatic N) is 2. The van der Waals surface area contributed by atoms with Crippen LogP contribution in [0.15, 0.2) is 83.8 Å². The molecule has 0 bridgehead atoms. The number of hydrogen-bond donors (Lipinski definition) is 0. The van der Waals surface area contributed by atoms with Crippen LogP contribution in [0.4, 0.5) is 0 Å². The Labute approximate surface area is 176 Å². The average molecular weight is 419 g/mol. The van der Waals surface area contributed by atoms with Gasteiger partial charge in [-0.05, 0) is 50.1 Å². The highest BCUT2D eigenvalue weighted by Gasteiger charge is 2.22. The molecule has 4 aromatic rings. The number of aromatic nitrogens is 2. The lowest BCUT2D eigenvalue weighted by Crippen LogP contribution is -2.13. The molecule has 0 aliphatic rings. The van der Waals surface area contributed by atoms with Crippen LogP contribution >= 0.6 is 0 Å². The lowest BCUT2D eigenvalue weighted by atomic mass is 10.1. The van der Waals surface area contributed by atoms with Gasteiger partial charge in [-0.15, -0.1) is 0 Å². The van der Waals surface area contributed by atoms with Crippen LogP contribution < -0.4 is 4.18 Å². The zero-order chi connectivity index (χ0) is 21.3. The van der Waals surface area contributed by atoms with Crippen molar-refractivity contribution < 1.29 is 12.6 Å². The van der Waals surface area contributed by atoms with Crippen molar-refractivity contribution in [3.63, 3.8) is 0 Å². The molecule has 0 spiro atoms. The van der Waals surface area contributed by atoms with Crippen molar-refractivity contribution in [1.29, 1.82) is 0 Å². The Morgan fingerprint density at radius 2 is 1.53 bits per heavy atom. The molecule has 0 aliphatic heterocycles. The van der Waals surface area contributed by atoms with Crippen LogP contribution in [-0.4, -0.2) is 18.2 Å². The van der Waals surface area contributed by atoms with E-state index in [-0.39, 0.29) is 10.8 Å². The van der Waals surface area contributed by atoms with Crippen LogP contribution in [0.25, 0.3) is 16.9 Å².